The molecule has 3 aliphatic carbocycles. The predicted molar refractivity (Wildman–Crippen MR) is 81.2 cm³/mol. The first kappa shape index (κ1) is 14.8. The van der Waals surface area contributed by atoms with E-state index in [1.807, 2.05) is 0 Å². The summed E-state index contributed by atoms with van der Waals surface area (Å²) >= 11 is 0. The van der Waals surface area contributed by atoms with Crippen molar-refractivity contribution in [1.29, 1.82) is 0 Å². The van der Waals surface area contributed by atoms with Gasteiger partial charge in [-0.25, -0.2) is 0 Å². The Hall–Kier alpha value is -0.0800. The largest absolute Gasteiger partial charge is 0.366 e. The number of hydrogen-bond donors (Lipinski definition) is 1. The van der Waals surface area contributed by atoms with Gasteiger partial charge < -0.3 is 9.84 Å². The van der Waals surface area contributed by atoms with Gasteiger partial charge in [-0.05, 0) is 74.0 Å². The Morgan fingerprint density at radius 2 is 1.75 bits per heavy atom. The SMILES string of the molecule is CC1C(OC(C)(C)O)C[C@@]23C[C@@H]1C(C)(C)[C@@H]2CC[C@H]3C. The summed E-state index contributed by atoms with van der Waals surface area (Å²) in [5.41, 5.74) is 0.915. The molecule has 3 rings (SSSR count). The van der Waals surface area contributed by atoms with Crippen LogP contribution in [0.4, 0.5) is 0 Å². The molecule has 1 N–H and O–H groups in total. The first-order valence-corrected chi connectivity index (χ1v) is 8.48. The molecule has 3 saturated carbocycles. The van der Waals surface area contributed by atoms with E-state index < -0.39 is 5.79 Å². The Bertz CT molecular complexity index is 395. The minimum Gasteiger partial charge on any atom is -0.366 e. The van der Waals surface area contributed by atoms with Gasteiger partial charge in [0, 0.05) is 0 Å². The van der Waals surface area contributed by atoms with E-state index in [0.29, 0.717) is 16.7 Å². The summed E-state index contributed by atoms with van der Waals surface area (Å²) in [5, 5.41) is 10.1. The summed E-state index contributed by atoms with van der Waals surface area (Å²) in [4.78, 5) is 0. The van der Waals surface area contributed by atoms with Crippen LogP contribution in [0.2, 0.25) is 0 Å². The van der Waals surface area contributed by atoms with Crippen molar-refractivity contribution in [2.45, 2.75) is 79.1 Å². The Morgan fingerprint density at radius 3 is 2.35 bits per heavy atom. The molecule has 0 aromatic carbocycles. The molecule has 0 heterocycles. The molecular weight excluding hydrogens is 248 g/mol. The molecule has 2 nitrogen and oxygen atoms in total. The van der Waals surface area contributed by atoms with Crippen molar-refractivity contribution in [2.24, 2.45) is 34.5 Å². The quantitative estimate of drug-likeness (QED) is 0.767. The van der Waals surface area contributed by atoms with E-state index >= 15 is 0 Å². The van der Waals surface area contributed by atoms with Gasteiger partial charge in [0.25, 0.3) is 0 Å². The molecule has 0 aromatic heterocycles. The minimum absolute atomic E-state index is 0.221. The summed E-state index contributed by atoms with van der Waals surface area (Å²) in [7, 11) is 0. The highest BCUT2D eigenvalue weighted by atomic mass is 16.6. The Balaban J connectivity index is 1.95. The van der Waals surface area contributed by atoms with Crippen LogP contribution in [0.15, 0.2) is 0 Å². The van der Waals surface area contributed by atoms with Crippen LogP contribution in [0.5, 0.6) is 0 Å². The predicted octanol–water partition coefficient (Wildman–Crippen LogP) is 4.22. The fourth-order valence-corrected chi connectivity index (χ4v) is 6.35. The smallest absolute Gasteiger partial charge is 0.160 e. The number of fused-ring (bicyclic) bond motifs is 1. The fourth-order valence-electron chi connectivity index (χ4n) is 6.35. The maximum atomic E-state index is 10.1. The fraction of sp³-hybridized carbons (Fsp3) is 1.00. The zero-order valence-corrected chi connectivity index (χ0v) is 14.1. The Morgan fingerprint density at radius 1 is 1.10 bits per heavy atom. The molecule has 0 aliphatic heterocycles. The van der Waals surface area contributed by atoms with E-state index in [9.17, 15) is 5.11 Å². The molecule has 1 spiro atoms. The number of rotatable bonds is 2. The molecule has 0 amide bonds. The Labute approximate surface area is 124 Å². The second-order valence-corrected chi connectivity index (χ2v) is 9.06. The van der Waals surface area contributed by atoms with Gasteiger partial charge in [-0.15, -0.1) is 0 Å². The van der Waals surface area contributed by atoms with Gasteiger partial charge in [0.1, 0.15) is 0 Å². The third-order valence-corrected chi connectivity index (χ3v) is 7.26. The van der Waals surface area contributed by atoms with Crippen LogP contribution in [-0.4, -0.2) is 17.0 Å². The molecular formula is C18H32O2. The van der Waals surface area contributed by atoms with Gasteiger partial charge in [0.05, 0.1) is 6.10 Å². The first-order valence-electron chi connectivity index (χ1n) is 8.48. The van der Waals surface area contributed by atoms with Gasteiger partial charge in [-0.2, -0.15) is 0 Å². The van der Waals surface area contributed by atoms with E-state index in [1.165, 1.54) is 19.3 Å². The third-order valence-electron chi connectivity index (χ3n) is 7.26. The number of ether oxygens (including phenoxy) is 1. The van der Waals surface area contributed by atoms with E-state index in [-0.39, 0.29) is 6.10 Å². The van der Waals surface area contributed by atoms with Crippen molar-refractivity contribution >= 4 is 0 Å². The summed E-state index contributed by atoms with van der Waals surface area (Å²) in [6.07, 6.45) is 5.54. The lowest BCUT2D eigenvalue weighted by Gasteiger charge is -2.45. The molecule has 0 aromatic rings. The van der Waals surface area contributed by atoms with Crippen LogP contribution in [0.3, 0.4) is 0 Å². The molecule has 0 radical (unpaired) electrons. The number of hydrogen-bond acceptors (Lipinski definition) is 2. The lowest BCUT2D eigenvalue weighted by Crippen LogP contribution is -2.44. The molecule has 3 aliphatic rings. The van der Waals surface area contributed by atoms with Gasteiger partial charge >= 0.3 is 0 Å². The molecule has 2 bridgehead atoms. The number of aliphatic hydroxyl groups is 1. The monoisotopic (exact) mass is 280 g/mol. The first-order chi connectivity index (χ1) is 9.08. The highest BCUT2D eigenvalue weighted by molar-refractivity contribution is 5.15. The van der Waals surface area contributed by atoms with Crippen LogP contribution in [0.1, 0.15) is 67.2 Å². The standard InChI is InChI=1S/C18H32O2/c1-11-7-8-15-16(3,4)13-9-18(11,15)10-14(12(13)2)20-17(5,6)19/h11-15,19H,7-10H2,1-6H3/t11-,12?,13+,14?,15+,18-/m1/s1. The maximum absolute atomic E-state index is 10.1. The van der Waals surface area contributed by atoms with Crippen molar-refractivity contribution in [2.75, 3.05) is 0 Å². The van der Waals surface area contributed by atoms with Crippen molar-refractivity contribution in [3.63, 3.8) is 0 Å². The van der Waals surface area contributed by atoms with E-state index in [1.54, 1.807) is 13.8 Å². The topological polar surface area (TPSA) is 29.5 Å². The van der Waals surface area contributed by atoms with Gasteiger partial charge in [-0.3, -0.25) is 0 Å². The molecule has 2 heteroatoms. The summed E-state index contributed by atoms with van der Waals surface area (Å²) in [6.45, 7) is 13.3. The normalized spacial score (nSPS) is 50.2. The Kier molecular flexibility index (Phi) is 3.14. The van der Waals surface area contributed by atoms with Crippen LogP contribution in [-0.2, 0) is 4.74 Å². The van der Waals surface area contributed by atoms with Crippen LogP contribution in [0.25, 0.3) is 0 Å². The van der Waals surface area contributed by atoms with Crippen LogP contribution in [0, 0.1) is 34.5 Å². The van der Waals surface area contributed by atoms with Crippen molar-refractivity contribution in [1.82, 2.24) is 0 Å². The van der Waals surface area contributed by atoms with Crippen LogP contribution < -0.4 is 0 Å². The molecule has 2 unspecified atom stereocenters. The zero-order chi connectivity index (χ0) is 14.9. The second kappa shape index (κ2) is 4.23. The third kappa shape index (κ3) is 1.90. The average molecular weight is 280 g/mol. The zero-order valence-electron chi connectivity index (χ0n) is 14.1. The summed E-state index contributed by atoms with van der Waals surface area (Å²) < 4.78 is 6.07. The lowest BCUT2D eigenvalue weighted by molar-refractivity contribution is -0.233. The highest BCUT2D eigenvalue weighted by Gasteiger charge is 2.66. The molecule has 20 heavy (non-hydrogen) atoms. The van der Waals surface area contributed by atoms with Gasteiger partial charge in [-0.1, -0.05) is 27.7 Å². The molecule has 6 atom stereocenters. The van der Waals surface area contributed by atoms with E-state index in [2.05, 4.69) is 27.7 Å². The average Bonchev–Trinajstić information content (AvgIpc) is 2.68. The highest BCUT2D eigenvalue weighted by Crippen LogP contribution is 2.72. The lowest BCUT2D eigenvalue weighted by atomic mass is 9.64. The van der Waals surface area contributed by atoms with E-state index in [0.717, 1.165) is 24.2 Å². The summed E-state index contributed by atoms with van der Waals surface area (Å²) in [6, 6.07) is 0. The van der Waals surface area contributed by atoms with Crippen molar-refractivity contribution < 1.29 is 9.84 Å². The van der Waals surface area contributed by atoms with Crippen molar-refractivity contribution in [3.8, 4) is 0 Å². The van der Waals surface area contributed by atoms with E-state index in [4.69, 9.17) is 4.74 Å². The molecule has 0 saturated heterocycles. The van der Waals surface area contributed by atoms with Crippen molar-refractivity contribution in [3.05, 3.63) is 0 Å². The summed E-state index contributed by atoms with van der Waals surface area (Å²) in [5.74, 6) is 1.97. The maximum Gasteiger partial charge on any atom is 0.160 e. The van der Waals surface area contributed by atoms with Gasteiger partial charge in [0.2, 0.25) is 0 Å². The molecule has 116 valence electrons. The minimum atomic E-state index is -1.01. The van der Waals surface area contributed by atoms with Crippen LogP contribution >= 0.6 is 0 Å². The molecule has 3 fully saturated rings. The van der Waals surface area contributed by atoms with Gasteiger partial charge in [0.15, 0.2) is 5.79 Å². The second-order valence-electron chi connectivity index (χ2n) is 9.06.